The first-order valence-electron chi connectivity index (χ1n) is 13.5. The van der Waals surface area contributed by atoms with Crippen molar-refractivity contribution in [1.82, 2.24) is 10.2 Å². The lowest BCUT2D eigenvalue weighted by atomic mass is 10.0. The van der Waals surface area contributed by atoms with Crippen molar-refractivity contribution in [3.05, 3.63) is 130 Å². The maximum Gasteiger partial charge on any atom is 0.264 e. The van der Waals surface area contributed by atoms with E-state index >= 15 is 0 Å². The third-order valence-electron chi connectivity index (χ3n) is 7.13. The van der Waals surface area contributed by atoms with Crippen LogP contribution < -0.4 is 9.62 Å². The van der Waals surface area contributed by atoms with E-state index in [0.717, 1.165) is 26.6 Å². The summed E-state index contributed by atoms with van der Waals surface area (Å²) >= 11 is 6.50. The number of carbonyl (C=O) groups is 2. The molecule has 0 radical (unpaired) electrons. The average molecular weight is 604 g/mol. The first-order valence-corrected chi connectivity index (χ1v) is 15.4. The van der Waals surface area contributed by atoms with Crippen LogP contribution in [0.25, 0.3) is 0 Å². The van der Waals surface area contributed by atoms with Gasteiger partial charge in [-0.3, -0.25) is 13.9 Å². The summed E-state index contributed by atoms with van der Waals surface area (Å²) in [7, 11) is -2.69. The largest absolute Gasteiger partial charge is 0.357 e. The number of benzene rings is 4. The fourth-order valence-corrected chi connectivity index (χ4v) is 6.42. The third-order valence-corrected chi connectivity index (χ3v) is 9.22. The number of hydrogen-bond acceptors (Lipinski definition) is 4. The highest BCUT2D eigenvalue weighted by Crippen LogP contribution is 2.31. The van der Waals surface area contributed by atoms with E-state index < -0.39 is 28.5 Å². The second kappa shape index (κ2) is 13.7. The van der Waals surface area contributed by atoms with Crippen LogP contribution >= 0.6 is 11.6 Å². The summed E-state index contributed by atoms with van der Waals surface area (Å²) in [5.41, 5.74) is 3.72. The van der Waals surface area contributed by atoms with Gasteiger partial charge in [0.1, 0.15) is 12.6 Å². The van der Waals surface area contributed by atoms with E-state index in [1.165, 1.54) is 24.1 Å². The average Bonchev–Trinajstić information content (AvgIpc) is 2.99. The van der Waals surface area contributed by atoms with E-state index in [1.807, 2.05) is 68.4 Å². The fraction of sp³-hybridized carbons (Fsp3) is 0.212. The van der Waals surface area contributed by atoms with Gasteiger partial charge in [0.15, 0.2) is 0 Å². The van der Waals surface area contributed by atoms with Crippen molar-refractivity contribution in [2.75, 3.05) is 17.9 Å². The molecule has 1 N–H and O–H groups in total. The highest BCUT2D eigenvalue weighted by molar-refractivity contribution is 7.92. The predicted molar refractivity (Wildman–Crippen MR) is 167 cm³/mol. The van der Waals surface area contributed by atoms with Gasteiger partial charge in [0.05, 0.1) is 15.6 Å². The predicted octanol–water partition coefficient (Wildman–Crippen LogP) is 5.54. The number of para-hydroxylation sites is 1. The van der Waals surface area contributed by atoms with Crippen molar-refractivity contribution in [3.8, 4) is 0 Å². The lowest BCUT2D eigenvalue weighted by molar-refractivity contribution is -0.139. The second-order valence-corrected chi connectivity index (χ2v) is 12.3. The molecule has 1 atom stereocenters. The molecule has 42 heavy (non-hydrogen) atoms. The van der Waals surface area contributed by atoms with E-state index in [-0.39, 0.29) is 34.5 Å². The van der Waals surface area contributed by atoms with Crippen molar-refractivity contribution < 1.29 is 18.0 Å². The topological polar surface area (TPSA) is 86.8 Å². The van der Waals surface area contributed by atoms with Gasteiger partial charge in [0.25, 0.3) is 10.0 Å². The normalized spacial score (nSPS) is 11.9. The van der Waals surface area contributed by atoms with Crippen molar-refractivity contribution in [3.63, 3.8) is 0 Å². The Hall–Kier alpha value is -4.14. The Kier molecular flexibility index (Phi) is 10.0. The number of amides is 2. The number of anilines is 1. The Morgan fingerprint density at radius 1 is 0.833 bits per heavy atom. The summed E-state index contributed by atoms with van der Waals surface area (Å²) in [6.45, 7) is 3.34. The minimum absolute atomic E-state index is 0.0263. The number of sulfonamides is 1. The van der Waals surface area contributed by atoms with Gasteiger partial charge in [-0.2, -0.15) is 0 Å². The zero-order valence-corrected chi connectivity index (χ0v) is 25.4. The monoisotopic (exact) mass is 603 g/mol. The Balaban J connectivity index is 1.80. The maximum atomic E-state index is 14.3. The van der Waals surface area contributed by atoms with Crippen LogP contribution in [-0.4, -0.2) is 44.8 Å². The summed E-state index contributed by atoms with van der Waals surface area (Å²) in [5.74, 6) is -0.898. The summed E-state index contributed by atoms with van der Waals surface area (Å²) in [6.07, 6.45) is 0.245. The van der Waals surface area contributed by atoms with Gasteiger partial charge in [-0.25, -0.2) is 8.42 Å². The van der Waals surface area contributed by atoms with Crippen LogP contribution in [0.1, 0.15) is 22.3 Å². The van der Waals surface area contributed by atoms with Crippen molar-refractivity contribution >= 4 is 39.1 Å². The number of nitrogens with one attached hydrogen (secondary N) is 1. The van der Waals surface area contributed by atoms with Crippen molar-refractivity contribution in [2.45, 2.75) is 37.8 Å². The first-order chi connectivity index (χ1) is 20.1. The summed E-state index contributed by atoms with van der Waals surface area (Å²) in [6, 6.07) is 29.0. The number of likely N-dealkylation sites (N-methyl/N-ethyl adjacent to an activating group) is 1. The molecule has 9 heteroatoms. The standard InChI is InChI=1S/C33H34ClN3O4S/c1-24-17-19-28(20-18-24)42(40,41)37(30-16-10-9-15-29(30)34)23-32(38)36(22-27-14-8-7-11-25(27)2)31(33(39)35-3)21-26-12-5-4-6-13-26/h4-20,31H,21-23H2,1-3H3,(H,35,39)/t31-/m1/s1. The highest BCUT2D eigenvalue weighted by atomic mass is 35.5. The zero-order valence-electron chi connectivity index (χ0n) is 23.8. The Morgan fingerprint density at radius 2 is 1.45 bits per heavy atom. The molecular formula is C33H34ClN3O4S. The van der Waals surface area contributed by atoms with E-state index in [1.54, 1.807) is 36.4 Å². The van der Waals surface area contributed by atoms with Gasteiger partial charge in [0.2, 0.25) is 11.8 Å². The SMILES string of the molecule is CNC(=O)[C@@H](Cc1ccccc1)N(Cc1ccccc1C)C(=O)CN(c1ccccc1Cl)S(=O)(=O)c1ccc(C)cc1. The molecule has 0 aliphatic rings. The van der Waals surface area contributed by atoms with Crippen LogP contribution in [0.2, 0.25) is 5.02 Å². The molecule has 4 aromatic rings. The van der Waals surface area contributed by atoms with Gasteiger partial charge < -0.3 is 10.2 Å². The molecule has 7 nitrogen and oxygen atoms in total. The second-order valence-electron chi connectivity index (χ2n) is 10.0. The molecule has 0 saturated carbocycles. The van der Waals surface area contributed by atoms with Gasteiger partial charge in [-0.1, -0.05) is 96.0 Å². The number of hydrogen-bond donors (Lipinski definition) is 1. The summed E-state index contributed by atoms with van der Waals surface area (Å²) < 4.78 is 29.1. The van der Waals surface area contributed by atoms with Crippen LogP contribution in [-0.2, 0) is 32.6 Å². The lowest BCUT2D eigenvalue weighted by Gasteiger charge is -2.34. The van der Waals surface area contributed by atoms with E-state index in [4.69, 9.17) is 11.6 Å². The van der Waals surface area contributed by atoms with Gasteiger partial charge in [0, 0.05) is 20.0 Å². The maximum absolute atomic E-state index is 14.3. The van der Waals surface area contributed by atoms with E-state index in [0.29, 0.717) is 0 Å². The molecule has 2 amide bonds. The highest BCUT2D eigenvalue weighted by Gasteiger charge is 2.35. The molecule has 0 aromatic heterocycles. The number of aryl methyl sites for hydroxylation is 2. The lowest BCUT2D eigenvalue weighted by Crippen LogP contribution is -2.53. The van der Waals surface area contributed by atoms with Crippen molar-refractivity contribution in [2.24, 2.45) is 0 Å². The molecular weight excluding hydrogens is 570 g/mol. The molecule has 218 valence electrons. The molecule has 0 aliphatic heterocycles. The molecule has 0 spiro atoms. The summed E-state index contributed by atoms with van der Waals surface area (Å²) in [4.78, 5) is 29.2. The van der Waals surface area contributed by atoms with Gasteiger partial charge in [-0.15, -0.1) is 0 Å². The van der Waals surface area contributed by atoms with E-state index in [2.05, 4.69) is 5.32 Å². The fourth-order valence-electron chi connectivity index (χ4n) is 4.70. The smallest absolute Gasteiger partial charge is 0.264 e. The minimum Gasteiger partial charge on any atom is -0.357 e. The van der Waals surface area contributed by atoms with Crippen LogP contribution in [0.5, 0.6) is 0 Å². The number of rotatable bonds is 11. The summed E-state index contributed by atoms with van der Waals surface area (Å²) in [5, 5.41) is 2.87. The molecule has 0 aliphatic carbocycles. The zero-order chi connectivity index (χ0) is 30.3. The molecule has 4 aromatic carbocycles. The first kappa shape index (κ1) is 30.8. The number of carbonyl (C=O) groups excluding carboxylic acids is 2. The molecule has 0 heterocycles. The van der Waals surface area contributed by atoms with Crippen LogP contribution in [0, 0.1) is 13.8 Å². The number of halogens is 1. The minimum atomic E-state index is -4.21. The number of nitrogens with zero attached hydrogens (tertiary/aromatic N) is 2. The molecule has 0 saturated heterocycles. The van der Waals surface area contributed by atoms with Gasteiger partial charge >= 0.3 is 0 Å². The van der Waals surface area contributed by atoms with E-state index in [9.17, 15) is 18.0 Å². The Labute approximate surface area is 252 Å². The van der Waals surface area contributed by atoms with Gasteiger partial charge in [-0.05, 0) is 54.8 Å². The Bertz CT molecular complexity index is 1640. The third kappa shape index (κ3) is 7.19. The van der Waals surface area contributed by atoms with Crippen LogP contribution in [0.4, 0.5) is 5.69 Å². The Morgan fingerprint density at radius 3 is 2.10 bits per heavy atom. The molecule has 0 unspecified atom stereocenters. The molecule has 0 bridgehead atoms. The van der Waals surface area contributed by atoms with Crippen molar-refractivity contribution in [1.29, 1.82) is 0 Å². The quantitative estimate of drug-likeness (QED) is 0.244. The molecule has 4 rings (SSSR count). The van der Waals surface area contributed by atoms with Crippen LogP contribution in [0.15, 0.2) is 108 Å². The van der Waals surface area contributed by atoms with Crippen LogP contribution in [0.3, 0.4) is 0 Å². The molecule has 0 fully saturated rings.